The van der Waals surface area contributed by atoms with Crippen LogP contribution < -0.4 is 10.5 Å². The minimum absolute atomic E-state index is 0.0438. The second kappa shape index (κ2) is 7.99. The molecular formula is C14H22FN4O5PS. The standard InChI is InChI=1S/C14H22FN4O5PS/c1-25(22)7-5-18(6-8-25)11(9-15)10-17-14-12(19(20)21)3-2-4-13(14)26(16,23)24/h2-4,11,17H,5-10H2,1H3,(H2,16,23,24). The van der Waals surface area contributed by atoms with Crippen molar-refractivity contribution in [2.24, 2.45) is 5.14 Å². The Morgan fingerprint density at radius 1 is 1.42 bits per heavy atom. The summed E-state index contributed by atoms with van der Waals surface area (Å²) < 4.78 is 49.0. The Kier molecular flexibility index (Phi) is 6.38. The van der Waals surface area contributed by atoms with E-state index in [9.17, 15) is 27.5 Å². The summed E-state index contributed by atoms with van der Waals surface area (Å²) in [5.74, 6) is 0. The van der Waals surface area contributed by atoms with E-state index < -0.39 is 45.4 Å². The highest BCUT2D eigenvalue weighted by Gasteiger charge is 2.30. The van der Waals surface area contributed by atoms with Gasteiger partial charge in [-0.05, 0) is 12.7 Å². The quantitative estimate of drug-likeness (QED) is 0.394. The number of benzene rings is 1. The van der Waals surface area contributed by atoms with Crippen LogP contribution in [0.5, 0.6) is 0 Å². The molecule has 9 nitrogen and oxygen atoms in total. The highest BCUT2D eigenvalue weighted by atomic mass is 32.2. The van der Waals surface area contributed by atoms with E-state index in [0.717, 1.165) is 12.1 Å². The van der Waals surface area contributed by atoms with Gasteiger partial charge in [0, 0.05) is 38.0 Å². The molecule has 0 amide bonds. The van der Waals surface area contributed by atoms with Crippen LogP contribution in [0.25, 0.3) is 0 Å². The van der Waals surface area contributed by atoms with Crippen molar-refractivity contribution >= 4 is 28.5 Å². The van der Waals surface area contributed by atoms with Crippen molar-refractivity contribution in [1.82, 2.24) is 4.90 Å². The van der Waals surface area contributed by atoms with Gasteiger partial charge in [0.2, 0.25) is 10.0 Å². The summed E-state index contributed by atoms with van der Waals surface area (Å²) >= 11 is 0. The van der Waals surface area contributed by atoms with Gasteiger partial charge in [-0.1, -0.05) is 6.07 Å². The van der Waals surface area contributed by atoms with Gasteiger partial charge in [0.1, 0.15) is 17.3 Å². The first-order chi connectivity index (χ1) is 12.0. The number of primary sulfonamides is 1. The number of nitrogens with two attached hydrogens (primary N) is 1. The Bertz CT molecular complexity index is 823. The number of halogens is 1. The van der Waals surface area contributed by atoms with Crippen molar-refractivity contribution in [2.75, 3.05) is 50.6 Å². The molecule has 1 aromatic rings. The average molecular weight is 408 g/mol. The number of nitrogens with zero attached hydrogens (tertiary/aromatic N) is 2. The van der Waals surface area contributed by atoms with E-state index in [1.165, 1.54) is 6.07 Å². The second-order valence-electron chi connectivity index (χ2n) is 6.42. The third-order valence-corrected chi connectivity index (χ3v) is 7.68. The fourth-order valence-corrected chi connectivity index (χ4v) is 5.17. The molecule has 1 atom stereocenters. The SMILES string of the molecule is CP1(=O)CCN(C(CF)CNc2c([N+](=O)[O-])cccc2S(N)(=O)=O)CC1. The highest BCUT2D eigenvalue weighted by Crippen LogP contribution is 2.43. The zero-order valence-electron chi connectivity index (χ0n) is 14.3. The number of nitro benzene ring substituents is 1. The van der Waals surface area contributed by atoms with Gasteiger partial charge in [0.25, 0.3) is 5.69 Å². The summed E-state index contributed by atoms with van der Waals surface area (Å²) in [6.45, 7) is 1.87. The number of hydrogen-bond acceptors (Lipinski definition) is 7. The summed E-state index contributed by atoms with van der Waals surface area (Å²) in [7, 11) is -6.37. The molecule has 0 spiro atoms. The van der Waals surface area contributed by atoms with Crippen LogP contribution >= 0.6 is 7.14 Å². The van der Waals surface area contributed by atoms with E-state index in [2.05, 4.69) is 5.32 Å². The number of nitrogens with one attached hydrogen (secondary N) is 1. The summed E-state index contributed by atoms with van der Waals surface area (Å²) in [6, 6.07) is 2.90. The van der Waals surface area contributed by atoms with Gasteiger partial charge in [-0.3, -0.25) is 15.0 Å². The molecule has 0 saturated carbocycles. The Hall–Kier alpha value is -1.55. The average Bonchev–Trinajstić information content (AvgIpc) is 2.55. The molecule has 1 saturated heterocycles. The van der Waals surface area contributed by atoms with Crippen molar-refractivity contribution in [2.45, 2.75) is 10.9 Å². The molecule has 0 radical (unpaired) electrons. The molecule has 2 rings (SSSR count). The fourth-order valence-electron chi connectivity index (χ4n) is 2.86. The predicted molar refractivity (Wildman–Crippen MR) is 97.6 cm³/mol. The van der Waals surface area contributed by atoms with E-state index in [0.29, 0.717) is 25.4 Å². The molecule has 146 valence electrons. The fraction of sp³-hybridized carbons (Fsp3) is 0.571. The minimum atomic E-state index is -4.20. The lowest BCUT2D eigenvalue weighted by Gasteiger charge is -2.35. The van der Waals surface area contributed by atoms with Crippen LogP contribution in [-0.2, 0) is 14.6 Å². The predicted octanol–water partition coefficient (Wildman–Crippen LogP) is 1.30. The molecule has 1 unspecified atom stereocenters. The Morgan fingerprint density at radius 3 is 2.54 bits per heavy atom. The number of para-hydroxylation sites is 1. The Morgan fingerprint density at radius 2 is 2.04 bits per heavy atom. The molecule has 1 heterocycles. The van der Waals surface area contributed by atoms with E-state index in [1.807, 2.05) is 4.90 Å². The van der Waals surface area contributed by atoms with Crippen LogP contribution in [0.15, 0.2) is 23.1 Å². The van der Waals surface area contributed by atoms with Gasteiger partial charge < -0.3 is 9.88 Å². The smallest absolute Gasteiger partial charge is 0.293 e. The summed E-state index contributed by atoms with van der Waals surface area (Å²) in [6.07, 6.45) is 0.967. The zero-order chi connectivity index (χ0) is 19.5. The number of anilines is 1. The molecule has 0 aliphatic carbocycles. The van der Waals surface area contributed by atoms with Crippen molar-refractivity contribution in [3.05, 3.63) is 28.3 Å². The van der Waals surface area contributed by atoms with Crippen LogP contribution in [0.2, 0.25) is 0 Å². The van der Waals surface area contributed by atoms with Gasteiger partial charge in [0.15, 0.2) is 0 Å². The van der Waals surface area contributed by atoms with Crippen molar-refractivity contribution in [1.29, 1.82) is 0 Å². The molecule has 1 aromatic carbocycles. The second-order valence-corrected chi connectivity index (χ2v) is 11.4. The first-order valence-corrected chi connectivity index (χ1v) is 12.0. The van der Waals surface area contributed by atoms with Gasteiger partial charge in [-0.2, -0.15) is 0 Å². The molecule has 0 bridgehead atoms. The van der Waals surface area contributed by atoms with Gasteiger partial charge >= 0.3 is 0 Å². The minimum Gasteiger partial charge on any atom is -0.377 e. The molecule has 12 heteroatoms. The van der Waals surface area contributed by atoms with Crippen LogP contribution in [0, 0.1) is 10.1 Å². The van der Waals surface area contributed by atoms with Gasteiger partial charge in [-0.15, -0.1) is 0 Å². The normalized spacial score (nSPS) is 19.0. The third-order valence-electron chi connectivity index (χ3n) is 4.44. The lowest BCUT2D eigenvalue weighted by atomic mass is 10.2. The Labute approximate surface area is 151 Å². The van der Waals surface area contributed by atoms with Crippen molar-refractivity contribution < 1.29 is 22.3 Å². The first kappa shape index (κ1) is 20.8. The van der Waals surface area contributed by atoms with Crippen molar-refractivity contribution in [3.63, 3.8) is 0 Å². The van der Waals surface area contributed by atoms with E-state index in [1.54, 1.807) is 6.66 Å². The molecule has 0 aromatic heterocycles. The summed E-state index contributed by atoms with van der Waals surface area (Å²) in [5.41, 5.74) is -0.706. The van der Waals surface area contributed by atoms with E-state index in [-0.39, 0.29) is 12.2 Å². The number of nitro groups is 1. The Balaban J connectivity index is 2.22. The maximum absolute atomic E-state index is 13.5. The number of hydrogen-bond donors (Lipinski definition) is 2. The molecule has 1 fully saturated rings. The van der Waals surface area contributed by atoms with Gasteiger partial charge in [0.05, 0.1) is 18.1 Å². The molecule has 3 N–H and O–H groups in total. The van der Waals surface area contributed by atoms with Crippen LogP contribution in [0.3, 0.4) is 0 Å². The molecular weight excluding hydrogens is 386 g/mol. The molecule has 1 aliphatic rings. The topological polar surface area (TPSA) is 136 Å². The maximum atomic E-state index is 13.5. The van der Waals surface area contributed by atoms with E-state index >= 15 is 0 Å². The highest BCUT2D eigenvalue weighted by molar-refractivity contribution is 7.89. The summed E-state index contributed by atoms with van der Waals surface area (Å²) in [5, 5.41) is 19.0. The summed E-state index contributed by atoms with van der Waals surface area (Å²) in [4.78, 5) is 11.9. The third kappa shape index (κ3) is 5.00. The lowest BCUT2D eigenvalue weighted by molar-refractivity contribution is -0.384. The van der Waals surface area contributed by atoms with Crippen LogP contribution in [0.1, 0.15) is 0 Å². The van der Waals surface area contributed by atoms with Gasteiger partial charge in [-0.25, -0.2) is 17.9 Å². The maximum Gasteiger partial charge on any atom is 0.293 e. The molecule has 1 aliphatic heterocycles. The van der Waals surface area contributed by atoms with Crippen molar-refractivity contribution in [3.8, 4) is 0 Å². The lowest BCUT2D eigenvalue weighted by Crippen LogP contribution is -2.47. The number of alkyl halides is 1. The van der Waals surface area contributed by atoms with Crippen LogP contribution in [0.4, 0.5) is 15.8 Å². The number of sulfonamides is 1. The zero-order valence-corrected chi connectivity index (χ0v) is 16.0. The molecule has 26 heavy (non-hydrogen) atoms. The van der Waals surface area contributed by atoms with Crippen LogP contribution in [-0.4, -0.2) is 69.6 Å². The number of rotatable bonds is 7. The monoisotopic (exact) mass is 408 g/mol. The largest absolute Gasteiger partial charge is 0.377 e. The van der Waals surface area contributed by atoms with E-state index in [4.69, 9.17) is 5.14 Å². The first-order valence-electron chi connectivity index (χ1n) is 7.95.